The Kier molecular flexibility index (Phi) is 7.00. The highest BCUT2D eigenvalue weighted by molar-refractivity contribution is 5.81. The van der Waals surface area contributed by atoms with Crippen LogP contribution in [0.15, 0.2) is 78.9 Å². The van der Waals surface area contributed by atoms with Crippen LogP contribution in [-0.4, -0.2) is 30.5 Å². The molecule has 0 saturated carbocycles. The molecule has 1 saturated heterocycles. The van der Waals surface area contributed by atoms with Gasteiger partial charge in [0.1, 0.15) is 5.75 Å². The number of amides is 1. The van der Waals surface area contributed by atoms with Crippen LogP contribution in [0.5, 0.6) is 5.75 Å². The Hall–Kier alpha value is -3.11. The van der Waals surface area contributed by atoms with Gasteiger partial charge in [0.15, 0.2) is 0 Å². The van der Waals surface area contributed by atoms with Crippen LogP contribution in [0.2, 0.25) is 0 Å². The highest BCUT2D eigenvalue weighted by Gasteiger charge is 2.28. The summed E-state index contributed by atoms with van der Waals surface area (Å²) in [6.07, 6.45) is 3.16. The SMILES string of the molecule is COc1ccccc1-c1ccc(CN2CCCCC2C(=O)NCc2ccccc2)cc1. The summed E-state index contributed by atoms with van der Waals surface area (Å²) in [5.74, 6) is 1.01. The quantitative estimate of drug-likeness (QED) is 0.589. The molecule has 4 nitrogen and oxygen atoms in total. The molecule has 0 bridgehead atoms. The third-order valence-electron chi connectivity index (χ3n) is 5.98. The number of nitrogens with zero attached hydrogens (tertiary/aromatic N) is 1. The fraction of sp³-hybridized carbons (Fsp3) is 0.296. The van der Waals surface area contributed by atoms with E-state index in [-0.39, 0.29) is 11.9 Å². The molecule has 1 heterocycles. The number of methoxy groups -OCH3 is 1. The van der Waals surface area contributed by atoms with Crippen molar-refractivity contribution in [2.75, 3.05) is 13.7 Å². The maximum absolute atomic E-state index is 12.9. The third kappa shape index (κ3) is 5.33. The number of hydrogen-bond acceptors (Lipinski definition) is 3. The van der Waals surface area contributed by atoms with Crippen LogP contribution in [0.1, 0.15) is 30.4 Å². The van der Waals surface area contributed by atoms with Crippen molar-refractivity contribution in [1.29, 1.82) is 0 Å². The summed E-state index contributed by atoms with van der Waals surface area (Å²) in [7, 11) is 1.70. The average Bonchev–Trinajstić information content (AvgIpc) is 2.84. The molecular formula is C27H30N2O2. The zero-order valence-electron chi connectivity index (χ0n) is 18.1. The summed E-state index contributed by atoms with van der Waals surface area (Å²) < 4.78 is 5.49. The number of ether oxygens (including phenoxy) is 1. The Labute approximate surface area is 184 Å². The standard InChI is InChI=1S/C27H30N2O2/c1-31-26-13-6-5-11-24(26)23-16-14-22(15-17-23)20-29-18-8-7-12-25(29)27(30)28-19-21-9-3-2-4-10-21/h2-6,9-11,13-17,25H,7-8,12,18-20H2,1H3,(H,28,30). The van der Waals surface area contributed by atoms with Gasteiger partial charge in [-0.05, 0) is 42.1 Å². The molecule has 0 spiro atoms. The summed E-state index contributed by atoms with van der Waals surface area (Å²) in [6.45, 7) is 2.32. The molecule has 1 fully saturated rings. The molecule has 1 aliphatic heterocycles. The van der Waals surface area contributed by atoms with E-state index in [1.807, 2.05) is 48.5 Å². The lowest BCUT2D eigenvalue weighted by Gasteiger charge is -2.34. The normalized spacial score (nSPS) is 16.6. The summed E-state index contributed by atoms with van der Waals surface area (Å²) in [5, 5.41) is 3.13. The second-order valence-electron chi connectivity index (χ2n) is 8.08. The van der Waals surface area contributed by atoms with Gasteiger partial charge in [-0.2, -0.15) is 0 Å². The minimum absolute atomic E-state index is 0.0636. The number of benzene rings is 3. The number of carbonyl (C=O) groups is 1. The molecule has 1 amide bonds. The number of hydrogen-bond donors (Lipinski definition) is 1. The first-order chi connectivity index (χ1) is 15.2. The average molecular weight is 415 g/mol. The van der Waals surface area contributed by atoms with E-state index in [1.165, 1.54) is 5.56 Å². The van der Waals surface area contributed by atoms with E-state index < -0.39 is 0 Å². The molecule has 160 valence electrons. The van der Waals surface area contributed by atoms with Crippen LogP contribution in [0.4, 0.5) is 0 Å². The molecule has 3 aromatic carbocycles. The maximum atomic E-state index is 12.9. The lowest BCUT2D eigenvalue weighted by Crippen LogP contribution is -2.48. The molecule has 1 aliphatic rings. The van der Waals surface area contributed by atoms with Crippen molar-refractivity contribution in [3.05, 3.63) is 90.0 Å². The molecule has 4 heteroatoms. The Morgan fingerprint density at radius 2 is 1.68 bits per heavy atom. The number of rotatable bonds is 7. The van der Waals surface area contributed by atoms with E-state index in [9.17, 15) is 4.79 Å². The van der Waals surface area contributed by atoms with Crippen LogP contribution in [0.25, 0.3) is 11.1 Å². The minimum atomic E-state index is -0.0636. The van der Waals surface area contributed by atoms with Crippen molar-refractivity contribution in [2.45, 2.75) is 38.4 Å². The molecule has 1 atom stereocenters. The monoisotopic (exact) mass is 414 g/mol. The lowest BCUT2D eigenvalue weighted by molar-refractivity contribution is -0.128. The Balaban J connectivity index is 1.41. The number of nitrogens with one attached hydrogen (secondary N) is 1. The van der Waals surface area contributed by atoms with Crippen LogP contribution in [0.3, 0.4) is 0 Å². The van der Waals surface area contributed by atoms with Crippen molar-refractivity contribution in [2.24, 2.45) is 0 Å². The zero-order valence-corrected chi connectivity index (χ0v) is 18.1. The maximum Gasteiger partial charge on any atom is 0.237 e. The van der Waals surface area contributed by atoms with Crippen molar-refractivity contribution < 1.29 is 9.53 Å². The molecule has 0 aromatic heterocycles. The van der Waals surface area contributed by atoms with Gasteiger partial charge >= 0.3 is 0 Å². The van der Waals surface area contributed by atoms with Crippen molar-refractivity contribution >= 4 is 5.91 Å². The lowest BCUT2D eigenvalue weighted by atomic mass is 9.99. The summed E-state index contributed by atoms with van der Waals surface area (Å²) in [4.78, 5) is 15.2. The Bertz CT molecular complexity index is 986. The Morgan fingerprint density at radius 1 is 0.935 bits per heavy atom. The van der Waals surface area contributed by atoms with Gasteiger partial charge in [0.25, 0.3) is 0 Å². The first kappa shape index (κ1) is 21.1. The van der Waals surface area contributed by atoms with E-state index >= 15 is 0 Å². The van der Waals surface area contributed by atoms with E-state index in [1.54, 1.807) is 7.11 Å². The predicted molar refractivity (Wildman–Crippen MR) is 125 cm³/mol. The van der Waals surface area contributed by atoms with Gasteiger partial charge in [-0.3, -0.25) is 9.69 Å². The number of piperidine rings is 1. The molecule has 0 aliphatic carbocycles. The molecule has 0 radical (unpaired) electrons. The molecule has 3 aromatic rings. The second-order valence-corrected chi connectivity index (χ2v) is 8.08. The summed E-state index contributed by atoms with van der Waals surface area (Å²) >= 11 is 0. The van der Waals surface area contributed by atoms with Gasteiger partial charge in [0.2, 0.25) is 5.91 Å². The smallest absolute Gasteiger partial charge is 0.237 e. The van der Waals surface area contributed by atoms with Crippen LogP contribution < -0.4 is 10.1 Å². The Morgan fingerprint density at radius 3 is 2.45 bits per heavy atom. The van der Waals surface area contributed by atoms with Crippen LogP contribution in [-0.2, 0) is 17.9 Å². The molecular weight excluding hydrogens is 384 g/mol. The molecule has 4 rings (SSSR count). The van der Waals surface area contributed by atoms with Gasteiger partial charge in [-0.15, -0.1) is 0 Å². The van der Waals surface area contributed by atoms with Gasteiger partial charge < -0.3 is 10.1 Å². The highest BCUT2D eigenvalue weighted by atomic mass is 16.5. The van der Waals surface area contributed by atoms with E-state index in [2.05, 4.69) is 40.5 Å². The number of likely N-dealkylation sites (tertiary alicyclic amines) is 1. The second kappa shape index (κ2) is 10.3. The van der Waals surface area contributed by atoms with Crippen molar-refractivity contribution in [1.82, 2.24) is 10.2 Å². The summed E-state index contributed by atoms with van der Waals surface area (Å²) in [6, 6.07) is 26.7. The first-order valence-electron chi connectivity index (χ1n) is 11.0. The third-order valence-corrected chi connectivity index (χ3v) is 5.98. The summed E-state index contributed by atoms with van der Waals surface area (Å²) in [5.41, 5.74) is 4.58. The zero-order chi connectivity index (χ0) is 21.5. The topological polar surface area (TPSA) is 41.6 Å². The molecule has 1 N–H and O–H groups in total. The molecule has 1 unspecified atom stereocenters. The van der Waals surface area contributed by atoms with Gasteiger partial charge in [-0.1, -0.05) is 79.2 Å². The van der Waals surface area contributed by atoms with Crippen molar-refractivity contribution in [3.63, 3.8) is 0 Å². The van der Waals surface area contributed by atoms with E-state index in [0.29, 0.717) is 6.54 Å². The predicted octanol–water partition coefficient (Wildman–Crippen LogP) is 5.03. The molecule has 31 heavy (non-hydrogen) atoms. The van der Waals surface area contributed by atoms with Crippen LogP contribution >= 0.6 is 0 Å². The largest absolute Gasteiger partial charge is 0.496 e. The van der Waals surface area contributed by atoms with Gasteiger partial charge in [0.05, 0.1) is 13.2 Å². The van der Waals surface area contributed by atoms with E-state index in [0.717, 1.165) is 54.8 Å². The number of para-hydroxylation sites is 1. The van der Waals surface area contributed by atoms with Gasteiger partial charge in [-0.25, -0.2) is 0 Å². The minimum Gasteiger partial charge on any atom is -0.496 e. The fourth-order valence-electron chi connectivity index (χ4n) is 4.29. The van der Waals surface area contributed by atoms with Crippen molar-refractivity contribution in [3.8, 4) is 16.9 Å². The highest BCUT2D eigenvalue weighted by Crippen LogP contribution is 2.30. The van der Waals surface area contributed by atoms with E-state index in [4.69, 9.17) is 4.74 Å². The fourth-order valence-corrected chi connectivity index (χ4v) is 4.29. The van der Waals surface area contributed by atoms with Crippen LogP contribution in [0, 0.1) is 0 Å². The number of carbonyl (C=O) groups excluding carboxylic acids is 1. The first-order valence-corrected chi connectivity index (χ1v) is 11.0. The van der Waals surface area contributed by atoms with Gasteiger partial charge in [0, 0.05) is 18.7 Å².